The van der Waals surface area contributed by atoms with Gasteiger partial charge in [-0.1, -0.05) is 17.7 Å². The Kier molecular flexibility index (Phi) is 4.11. The van der Waals surface area contributed by atoms with Crippen LogP contribution in [0.2, 0.25) is 5.02 Å². The predicted molar refractivity (Wildman–Crippen MR) is 90.4 cm³/mol. The van der Waals surface area contributed by atoms with E-state index in [4.69, 9.17) is 21.1 Å². The number of benzene rings is 1. The van der Waals surface area contributed by atoms with Gasteiger partial charge in [0.05, 0.1) is 17.3 Å². The van der Waals surface area contributed by atoms with Crippen LogP contribution in [0.15, 0.2) is 42.6 Å². The molecule has 2 atom stereocenters. The SMILES string of the molecule is O=C(c1ccc(O)c(Cl)c1)N1CCC2(c3ccccn3)OCOC2C1. The minimum absolute atomic E-state index is 0.0430. The molecule has 2 aliphatic heterocycles. The number of amides is 1. The lowest BCUT2D eigenvalue weighted by atomic mass is 9.85. The van der Waals surface area contributed by atoms with Gasteiger partial charge in [0.1, 0.15) is 24.2 Å². The molecule has 7 heteroatoms. The van der Waals surface area contributed by atoms with Gasteiger partial charge >= 0.3 is 0 Å². The van der Waals surface area contributed by atoms with Crippen molar-refractivity contribution in [1.82, 2.24) is 9.88 Å². The van der Waals surface area contributed by atoms with Crippen LogP contribution in [-0.4, -0.2) is 46.9 Å². The number of fused-ring (bicyclic) bond motifs is 1. The van der Waals surface area contributed by atoms with Gasteiger partial charge in [-0.15, -0.1) is 0 Å². The number of phenols is 1. The molecule has 2 unspecified atom stereocenters. The van der Waals surface area contributed by atoms with Crippen LogP contribution in [0.5, 0.6) is 5.75 Å². The van der Waals surface area contributed by atoms with Crippen molar-refractivity contribution in [2.45, 2.75) is 18.1 Å². The summed E-state index contributed by atoms with van der Waals surface area (Å²) < 4.78 is 11.7. The van der Waals surface area contributed by atoms with Gasteiger partial charge in [0, 0.05) is 24.7 Å². The van der Waals surface area contributed by atoms with Crippen molar-refractivity contribution in [3.8, 4) is 5.75 Å². The number of phenolic OH excluding ortho intramolecular Hbond substituents is 1. The topological polar surface area (TPSA) is 71.9 Å². The van der Waals surface area contributed by atoms with Gasteiger partial charge in [0.25, 0.3) is 5.91 Å². The van der Waals surface area contributed by atoms with E-state index in [1.807, 2.05) is 18.2 Å². The zero-order chi connectivity index (χ0) is 17.4. The summed E-state index contributed by atoms with van der Waals surface area (Å²) in [6.45, 7) is 1.12. The van der Waals surface area contributed by atoms with E-state index in [2.05, 4.69) is 4.98 Å². The van der Waals surface area contributed by atoms with Crippen LogP contribution in [0.4, 0.5) is 0 Å². The molecule has 3 heterocycles. The summed E-state index contributed by atoms with van der Waals surface area (Å²) in [6.07, 6.45) is 2.07. The first kappa shape index (κ1) is 16.3. The minimum Gasteiger partial charge on any atom is -0.506 e. The first-order chi connectivity index (χ1) is 12.1. The second kappa shape index (κ2) is 6.29. The summed E-state index contributed by atoms with van der Waals surface area (Å²) in [5.74, 6) is -0.189. The van der Waals surface area contributed by atoms with Gasteiger partial charge < -0.3 is 19.5 Å². The lowest BCUT2D eigenvalue weighted by Gasteiger charge is -2.41. The Morgan fingerprint density at radius 2 is 2.24 bits per heavy atom. The molecule has 1 N–H and O–H groups in total. The van der Waals surface area contributed by atoms with E-state index in [0.29, 0.717) is 25.1 Å². The number of likely N-dealkylation sites (tertiary alicyclic amines) is 1. The molecule has 6 nitrogen and oxygen atoms in total. The molecule has 1 amide bonds. The maximum absolute atomic E-state index is 12.8. The standard InChI is InChI=1S/C18H17ClN2O4/c19-13-9-12(4-5-14(13)22)17(23)21-8-6-18(15-3-1-2-7-20-15)16(10-21)24-11-25-18/h1-5,7,9,16,22H,6,8,10-11H2. The van der Waals surface area contributed by atoms with Crippen molar-refractivity contribution in [3.05, 3.63) is 58.9 Å². The Balaban J connectivity index is 1.57. The Morgan fingerprint density at radius 3 is 3.00 bits per heavy atom. The van der Waals surface area contributed by atoms with Crippen molar-refractivity contribution >= 4 is 17.5 Å². The maximum Gasteiger partial charge on any atom is 0.254 e. The minimum atomic E-state index is -0.607. The van der Waals surface area contributed by atoms with Crippen LogP contribution in [0.1, 0.15) is 22.5 Å². The summed E-state index contributed by atoms with van der Waals surface area (Å²) in [6, 6.07) is 10.2. The van der Waals surface area contributed by atoms with Crippen LogP contribution in [0.25, 0.3) is 0 Å². The average molecular weight is 361 g/mol. The summed E-state index contributed by atoms with van der Waals surface area (Å²) in [4.78, 5) is 18.9. The molecule has 2 aromatic rings. The van der Waals surface area contributed by atoms with Gasteiger partial charge in [-0.05, 0) is 30.3 Å². The van der Waals surface area contributed by atoms with E-state index >= 15 is 0 Å². The molecule has 1 aromatic carbocycles. The molecule has 2 saturated heterocycles. The zero-order valence-electron chi connectivity index (χ0n) is 13.4. The molecule has 25 heavy (non-hydrogen) atoms. The lowest BCUT2D eigenvalue weighted by molar-refractivity contribution is -0.0470. The van der Waals surface area contributed by atoms with Gasteiger partial charge in [-0.25, -0.2) is 0 Å². The second-order valence-electron chi connectivity index (χ2n) is 6.19. The van der Waals surface area contributed by atoms with Crippen molar-refractivity contribution in [1.29, 1.82) is 0 Å². The third-order valence-corrected chi connectivity index (χ3v) is 5.13. The molecule has 0 spiro atoms. The number of piperidine rings is 1. The van der Waals surface area contributed by atoms with E-state index in [1.54, 1.807) is 17.2 Å². The molecule has 130 valence electrons. The summed E-state index contributed by atoms with van der Waals surface area (Å²) >= 11 is 5.91. The van der Waals surface area contributed by atoms with Crippen LogP contribution >= 0.6 is 11.6 Å². The van der Waals surface area contributed by atoms with E-state index in [0.717, 1.165) is 5.69 Å². The normalized spacial score (nSPS) is 25.6. The number of carbonyl (C=O) groups excluding carboxylic acids is 1. The number of aromatic hydroxyl groups is 1. The average Bonchev–Trinajstić information content (AvgIpc) is 3.08. The zero-order valence-corrected chi connectivity index (χ0v) is 14.1. The fourth-order valence-corrected chi connectivity index (χ4v) is 3.64. The highest BCUT2D eigenvalue weighted by Gasteiger charge is 2.52. The first-order valence-corrected chi connectivity index (χ1v) is 8.43. The number of pyridine rings is 1. The highest BCUT2D eigenvalue weighted by Crippen LogP contribution is 2.41. The van der Waals surface area contributed by atoms with Crippen LogP contribution < -0.4 is 0 Å². The van der Waals surface area contributed by atoms with Gasteiger partial charge in [0.15, 0.2) is 0 Å². The first-order valence-electron chi connectivity index (χ1n) is 8.05. The molecule has 0 radical (unpaired) electrons. The number of ether oxygens (including phenoxy) is 2. The molecule has 0 saturated carbocycles. The third kappa shape index (κ3) is 2.76. The Hall–Kier alpha value is -2.15. The largest absolute Gasteiger partial charge is 0.506 e. The summed E-state index contributed by atoms with van der Waals surface area (Å²) in [7, 11) is 0. The molecule has 1 aromatic heterocycles. The summed E-state index contributed by atoms with van der Waals surface area (Å²) in [5.41, 5.74) is 0.661. The van der Waals surface area contributed by atoms with Crippen molar-refractivity contribution < 1.29 is 19.4 Å². The van der Waals surface area contributed by atoms with Crippen molar-refractivity contribution in [2.75, 3.05) is 19.9 Å². The Labute approximate surface area is 149 Å². The third-order valence-electron chi connectivity index (χ3n) is 4.83. The van der Waals surface area contributed by atoms with Gasteiger partial charge in [-0.3, -0.25) is 9.78 Å². The van der Waals surface area contributed by atoms with E-state index in [1.165, 1.54) is 12.1 Å². The highest BCUT2D eigenvalue weighted by molar-refractivity contribution is 6.32. The van der Waals surface area contributed by atoms with Crippen molar-refractivity contribution in [2.24, 2.45) is 0 Å². The molecular weight excluding hydrogens is 344 g/mol. The number of halogens is 1. The molecule has 2 aliphatic rings. The number of aromatic nitrogens is 1. The fourth-order valence-electron chi connectivity index (χ4n) is 3.46. The molecule has 0 aliphatic carbocycles. The van der Waals surface area contributed by atoms with Crippen LogP contribution in [-0.2, 0) is 15.1 Å². The summed E-state index contributed by atoms with van der Waals surface area (Å²) in [5, 5.41) is 9.68. The molecule has 4 rings (SSSR count). The van der Waals surface area contributed by atoms with E-state index in [9.17, 15) is 9.90 Å². The Morgan fingerprint density at radius 1 is 1.36 bits per heavy atom. The number of nitrogens with zero attached hydrogens (tertiary/aromatic N) is 2. The molecular formula is C18H17ClN2O4. The number of carbonyl (C=O) groups is 1. The van der Waals surface area contributed by atoms with Crippen LogP contribution in [0.3, 0.4) is 0 Å². The van der Waals surface area contributed by atoms with E-state index < -0.39 is 5.60 Å². The monoisotopic (exact) mass is 360 g/mol. The predicted octanol–water partition coefficient (Wildman–Crippen LogP) is 2.55. The van der Waals surface area contributed by atoms with Crippen molar-refractivity contribution in [3.63, 3.8) is 0 Å². The van der Waals surface area contributed by atoms with Gasteiger partial charge in [0.2, 0.25) is 0 Å². The lowest BCUT2D eigenvalue weighted by Crippen LogP contribution is -2.53. The Bertz CT molecular complexity index is 801. The van der Waals surface area contributed by atoms with Crippen LogP contribution in [0, 0.1) is 0 Å². The molecule has 2 fully saturated rings. The molecule has 0 bridgehead atoms. The smallest absolute Gasteiger partial charge is 0.254 e. The quantitative estimate of drug-likeness (QED) is 0.891. The van der Waals surface area contributed by atoms with E-state index in [-0.39, 0.29) is 29.6 Å². The number of hydrogen-bond donors (Lipinski definition) is 1. The fraction of sp³-hybridized carbons (Fsp3) is 0.333. The van der Waals surface area contributed by atoms with Gasteiger partial charge in [-0.2, -0.15) is 0 Å². The highest BCUT2D eigenvalue weighted by atomic mass is 35.5. The second-order valence-corrected chi connectivity index (χ2v) is 6.60. The number of rotatable bonds is 2. The number of hydrogen-bond acceptors (Lipinski definition) is 5. The maximum atomic E-state index is 12.8.